The van der Waals surface area contributed by atoms with Crippen LogP contribution in [0, 0.1) is 0 Å². The Morgan fingerprint density at radius 1 is 1.62 bits per heavy atom. The zero-order valence-corrected chi connectivity index (χ0v) is 5.29. The van der Waals surface area contributed by atoms with E-state index in [0.717, 1.165) is 0 Å². The van der Waals surface area contributed by atoms with Crippen LogP contribution in [0.5, 0.6) is 0 Å². The Morgan fingerprint density at radius 2 is 2.38 bits per heavy atom. The molecular formula is C6H11NO. The number of nitrogens with zero attached hydrogens (tertiary/aromatic N) is 1. The van der Waals surface area contributed by atoms with Gasteiger partial charge in [-0.15, -0.1) is 0 Å². The van der Waals surface area contributed by atoms with Crippen molar-refractivity contribution in [2.24, 2.45) is 4.99 Å². The van der Waals surface area contributed by atoms with E-state index in [-0.39, 0.29) is 0 Å². The van der Waals surface area contributed by atoms with Gasteiger partial charge in [0.05, 0.1) is 12.8 Å². The maximum atomic E-state index is 4.84. The van der Waals surface area contributed by atoms with Gasteiger partial charge < -0.3 is 4.74 Å². The minimum Gasteiger partial charge on any atom is -0.500 e. The molecule has 0 atom stereocenters. The molecule has 0 aliphatic rings. The summed E-state index contributed by atoms with van der Waals surface area (Å²) in [7, 11) is 0. The molecule has 0 spiro atoms. The molecular weight excluding hydrogens is 102 g/mol. The molecule has 2 nitrogen and oxygen atoms in total. The van der Waals surface area contributed by atoms with Crippen LogP contribution in [0.1, 0.15) is 13.8 Å². The first kappa shape index (κ1) is 7.21. The first-order valence-electron chi connectivity index (χ1n) is 2.66. The molecule has 0 N–H and O–H groups in total. The number of ether oxygens (including phenoxy) is 1. The normalized spacial score (nSPS) is 11.2. The van der Waals surface area contributed by atoms with E-state index in [1.54, 1.807) is 18.7 Å². The Kier molecular flexibility index (Phi) is 5.60. The van der Waals surface area contributed by atoms with Gasteiger partial charge in [-0.2, -0.15) is 0 Å². The van der Waals surface area contributed by atoms with Crippen molar-refractivity contribution in [2.45, 2.75) is 13.8 Å². The van der Waals surface area contributed by atoms with Crippen molar-refractivity contribution < 1.29 is 4.74 Å². The number of hydrogen-bond donors (Lipinski definition) is 0. The van der Waals surface area contributed by atoms with Gasteiger partial charge in [0, 0.05) is 6.21 Å². The van der Waals surface area contributed by atoms with Gasteiger partial charge in [0.2, 0.25) is 0 Å². The molecule has 0 heterocycles. The molecule has 0 aliphatic heterocycles. The molecule has 0 saturated heterocycles. The third-order valence-corrected chi connectivity index (χ3v) is 0.559. The van der Waals surface area contributed by atoms with Gasteiger partial charge in [-0.05, 0) is 13.8 Å². The molecule has 0 rings (SSSR count). The second kappa shape index (κ2) is 6.21. The summed E-state index contributed by atoms with van der Waals surface area (Å²) < 4.78 is 4.84. The van der Waals surface area contributed by atoms with Crippen LogP contribution in [0.25, 0.3) is 0 Å². The third kappa shape index (κ3) is 5.21. The van der Waals surface area contributed by atoms with E-state index >= 15 is 0 Å². The van der Waals surface area contributed by atoms with Crippen LogP contribution in [0.2, 0.25) is 0 Å². The summed E-state index contributed by atoms with van der Waals surface area (Å²) >= 11 is 0. The average Bonchev–Trinajstić information content (AvgIpc) is 1.81. The van der Waals surface area contributed by atoms with Crippen LogP contribution >= 0.6 is 0 Å². The molecule has 0 aromatic rings. The van der Waals surface area contributed by atoms with E-state index in [9.17, 15) is 0 Å². The maximum absolute atomic E-state index is 4.84. The summed E-state index contributed by atoms with van der Waals surface area (Å²) in [5, 5.41) is 0. The van der Waals surface area contributed by atoms with Crippen LogP contribution in [-0.2, 0) is 4.74 Å². The van der Waals surface area contributed by atoms with Crippen LogP contribution in [0.15, 0.2) is 17.5 Å². The first-order chi connectivity index (χ1) is 3.91. The number of aliphatic imine (C=N–C) groups is 1. The predicted octanol–water partition coefficient (Wildman–Crippen LogP) is 1.58. The Balaban J connectivity index is 3.07. The molecule has 0 fully saturated rings. The molecule has 0 bridgehead atoms. The summed E-state index contributed by atoms with van der Waals surface area (Å²) in [5.41, 5.74) is 0. The Bertz CT molecular complexity index is 86.5. The van der Waals surface area contributed by atoms with Gasteiger partial charge >= 0.3 is 0 Å². The van der Waals surface area contributed by atoms with Crippen LogP contribution in [0.4, 0.5) is 0 Å². The highest BCUT2D eigenvalue weighted by molar-refractivity contribution is 5.54. The van der Waals surface area contributed by atoms with Crippen molar-refractivity contribution in [1.29, 1.82) is 0 Å². The lowest BCUT2D eigenvalue weighted by Crippen LogP contribution is -1.74. The van der Waals surface area contributed by atoms with Crippen LogP contribution in [-0.4, -0.2) is 12.8 Å². The average molecular weight is 113 g/mol. The summed E-state index contributed by atoms with van der Waals surface area (Å²) in [6, 6.07) is 0. The Morgan fingerprint density at radius 3 is 2.88 bits per heavy atom. The summed E-state index contributed by atoms with van der Waals surface area (Å²) in [6.07, 6.45) is 4.89. The van der Waals surface area contributed by atoms with E-state index in [1.807, 2.05) is 13.8 Å². The Hall–Kier alpha value is -0.790. The fourth-order valence-corrected chi connectivity index (χ4v) is 0.260. The minimum absolute atomic E-state index is 0.704. The molecule has 0 radical (unpaired) electrons. The predicted molar refractivity (Wildman–Crippen MR) is 34.9 cm³/mol. The van der Waals surface area contributed by atoms with Crippen molar-refractivity contribution in [3.63, 3.8) is 0 Å². The highest BCUT2D eigenvalue weighted by Gasteiger charge is 1.63. The van der Waals surface area contributed by atoms with Gasteiger partial charge in [-0.3, -0.25) is 4.99 Å². The third-order valence-electron chi connectivity index (χ3n) is 0.559. The van der Waals surface area contributed by atoms with Gasteiger partial charge in [0.1, 0.15) is 6.26 Å². The highest BCUT2D eigenvalue weighted by atomic mass is 16.5. The molecule has 0 saturated carbocycles. The van der Waals surface area contributed by atoms with E-state index in [2.05, 4.69) is 4.99 Å². The SMILES string of the molecule is CC=N/C=C\OCC. The first-order valence-corrected chi connectivity index (χ1v) is 2.66. The molecule has 2 heteroatoms. The van der Waals surface area contributed by atoms with Crippen molar-refractivity contribution in [2.75, 3.05) is 6.61 Å². The fraction of sp³-hybridized carbons (Fsp3) is 0.500. The minimum atomic E-state index is 0.704. The van der Waals surface area contributed by atoms with Crippen molar-refractivity contribution >= 4 is 6.21 Å². The number of rotatable bonds is 3. The molecule has 0 amide bonds. The summed E-state index contributed by atoms with van der Waals surface area (Å²) in [5.74, 6) is 0. The Labute approximate surface area is 49.9 Å². The standard InChI is InChI=1S/C6H11NO/c1-3-7-5-6-8-4-2/h3,5-6H,4H2,1-2H3/b6-5-,7-3?. The lowest BCUT2D eigenvalue weighted by molar-refractivity contribution is 0.268. The van der Waals surface area contributed by atoms with Gasteiger partial charge in [0.25, 0.3) is 0 Å². The molecule has 0 aliphatic carbocycles. The van der Waals surface area contributed by atoms with Gasteiger partial charge in [-0.25, -0.2) is 0 Å². The maximum Gasteiger partial charge on any atom is 0.101 e. The fourth-order valence-electron chi connectivity index (χ4n) is 0.260. The molecule has 0 unspecified atom stereocenters. The van der Waals surface area contributed by atoms with E-state index < -0.39 is 0 Å². The smallest absolute Gasteiger partial charge is 0.101 e. The van der Waals surface area contributed by atoms with E-state index in [0.29, 0.717) is 6.61 Å². The van der Waals surface area contributed by atoms with Crippen molar-refractivity contribution in [1.82, 2.24) is 0 Å². The summed E-state index contributed by atoms with van der Waals surface area (Å²) in [4.78, 5) is 3.78. The van der Waals surface area contributed by atoms with Gasteiger partial charge in [0.15, 0.2) is 0 Å². The number of hydrogen-bond acceptors (Lipinski definition) is 2. The lowest BCUT2D eigenvalue weighted by atomic mass is 10.8. The highest BCUT2D eigenvalue weighted by Crippen LogP contribution is 1.75. The van der Waals surface area contributed by atoms with Crippen molar-refractivity contribution in [3.8, 4) is 0 Å². The molecule has 46 valence electrons. The van der Waals surface area contributed by atoms with Crippen LogP contribution in [0.3, 0.4) is 0 Å². The topological polar surface area (TPSA) is 21.6 Å². The van der Waals surface area contributed by atoms with Gasteiger partial charge in [-0.1, -0.05) is 0 Å². The second-order valence-electron chi connectivity index (χ2n) is 1.15. The summed E-state index contributed by atoms with van der Waals surface area (Å²) in [6.45, 7) is 4.49. The zero-order valence-electron chi connectivity index (χ0n) is 5.29. The van der Waals surface area contributed by atoms with E-state index in [1.165, 1.54) is 0 Å². The second-order valence-corrected chi connectivity index (χ2v) is 1.15. The molecule has 0 aromatic carbocycles. The monoisotopic (exact) mass is 113 g/mol. The molecule has 0 aromatic heterocycles. The van der Waals surface area contributed by atoms with E-state index in [4.69, 9.17) is 4.74 Å². The van der Waals surface area contributed by atoms with Crippen LogP contribution < -0.4 is 0 Å². The molecule has 8 heavy (non-hydrogen) atoms. The quantitative estimate of drug-likeness (QED) is 0.402. The lowest BCUT2D eigenvalue weighted by Gasteiger charge is -1.87. The largest absolute Gasteiger partial charge is 0.500 e. The zero-order chi connectivity index (χ0) is 6.24. The van der Waals surface area contributed by atoms with Crippen molar-refractivity contribution in [3.05, 3.63) is 12.5 Å².